The summed E-state index contributed by atoms with van der Waals surface area (Å²) in [5.74, 6) is -2.36. The first-order valence-electron chi connectivity index (χ1n) is 5.23. The number of rotatable bonds is 3. The maximum atomic E-state index is 13.6. The second-order valence-electron chi connectivity index (χ2n) is 4.18. The van der Waals surface area contributed by atoms with Crippen LogP contribution in [0.3, 0.4) is 0 Å². The second kappa shape index (κ2) is 4.07. The molecular weight excluding hydrogens is 230 g/mol. The number of carbonyl (C=O) groups excluding carboxylic acids is 1. The minimum absolute atomic E-state index is 0.224. The first-order chi connectivity index (χ1) is 8.03. The molecule has 1 aromatic carbocycles. The molecule has 2 rings (SSSR count). The van der Waals surface area contributed by atoms with Gasteiger partial charge in [-0.2, -0.15) is 0 Å². The van der Waals surface area contributed by atoms with Crippen molar-refractivity contribution >= 4 is 5.97 Å². The standard InChI is InChI=1S/C12H12F2O3/c1-17-11(16)10(15)12(5-6-12)9-7(13)3-2-4-8(9)14/h2-4,10,15H,5-6H2,1H3. The van der Waals surface area contributed by atoms with Crippen molar-refractivity contribution < 1.29 is 23.4 Å². The van der Waals surface area contributed by atoms with Crippen molar-refractivity contribution in [3.8, 4) is 0 Å². The predicted molar refractivity (Wildman–Crippen MR) is 55.3 cm³/mol. The quantitative estimate of drug-likeness (QED) is 0.818. The topological polar surface area (TPSA) is 46.5 Å². The molecule has 0 bridgehead atoms. The summed E-state index contributed by atoms with van der Waals surface area (Å²) < 4.78 is 31.6. The van der Waals surface area contributed by atoms with Gasteiger partial charge in [0.05, 0.1) is 7.11 Å². The van der Waals surface area contributed by atoms with E-state index in [1.54, 1.807) is 0 Å². The lowest BCUT2D eigenvalue weighted by Gasteiger charge is -2.21. The molecular formula is C12H12F2O3. The molecule has 92 valence electrons. The zero-order valence-corrected chi connectivity index (χ0v) is 9.24. The van der Waals surface area contributed by atoms with E-state index in [2.05, 4.69) is 4.74 Å². The third kappa shape index (κ3) is 1.80. The molecule has 1 N–H and O–H groups in total. The summed E-state index contributed by atoms with van der Waals surface area (Å²) in [5, 5.41) is 9.80. The molecule has 1 saturated carbocycles. The van der Waals surface area contributed by atoms with Crippen molar-refractivity contribution in [2.24, 2.45) is 0 Å². The van der Waals surface area contributed by atoms with E-state index >= 15 is 0 Å². The Morgan fingerprint density at radius 1 is 1.41 bits per heavy atom. The van der Waals surface area contributed by atoms with Crippen LogP contribution in [0.1, 0.15) is 18.4 Å². The Bertz CT molecular complexity index is 435. The summed E-state index contributed by atoms with van der Waals surface area (Å²) in [4.78, 5) is 11.3. The highest BCUT2D eigenvalue weighted by molar-refractivity contribution is 5.77. The minimum Gasteiger partial charge on any atom is -0.467 e. The number of carbonyl (C=O) groups is 1. The molecule has 0 aliphatic heterocycles. The lowest BCUT2D eigenvalue weighted by molar-refractivity contribution is -0.152. The number of hydrogen-bond acceptors (Lipinski definition) is 3. The van der Waals surface area contributed by atoms with Crippen molar-refractivity contribution in [2.75, 3.05) is 7.11 Å². The fraction of sp³-hybridized carbons (Fsp3) is 0.417. The Labute approximate surface area is 97.0 Å². The third-order valence-electron chi connectivity index (χ3n) is 3.20. The van der Waals surface area contributed by atoms with Gasteiger partial charge >= 0.3 is 5.97 Å². The van der Waals surface area contributed by atoms with Crippen LogP contribution in [0, 0.1) is 11.6 Å². The second-order valence-corrected chi connectivity index (χ2v) is 4.18. The van der Waals surface area contributed by atoms with Gasteiger partial charge in [-0.25, -0.2) is 13.6 Å². The normalized spacial score (nSPS) is 18.6. The molecule has 1 fully saturated rings. The van der Waals surface area contributed by atoms with Crippen molar-refractivity contribution in [1.29, 1.82) is 0 Å². The van der Waals surface area contributed by atoms with Crippen LogP contribution in [0.4, 0.5) is 8.78 Å². The van der Waals surface area contributed by atoms with Crippen molar-refractivity contribution in [2.45, 2.75) is 24.4 Å². The van der Waals surface area contributed by atoms with Crippen LogP contribution < -0.4 is 0 Å². The van der Waals surface area contributed by atoms with Gasteiger partial charge in [0, 0.05) is 11.0 Å². The van der Waals surface area contributed by atoms with Gasteiger partial charge in [0.1, 0.15) is 11.6 Å². The highest BCUT2D eigenvalue weighted by atomic mass is 19.1. The van der Waals surface area contributed by atoms with Gasteiger partial charge in [-0.3, -0.25) is 0 Å². The average molecular weight is 242 g/mol. The maximum absolute atomic E-state index is 13.6. The van der Waals surface area contributed by atoms with Crippen LogP contribution in [0.2, 0.25) is 0 Å². The summed E-state index contributed by atoms with van der Waals surface area (Å²) in [6.07, 6.45) is -0.804. The molecule has 17 heavy (non-hydrogen) atoms. The van der Waals surface area contributed by atoms with Gasteiger partial charge in [0.25, 0.3) is 0 Å². The SMILES string of the molecule is COC(=O)C(O)C1(c2c(F)cccc2F)CC1. The number of esters is 1. The Morgan fingerprint density at radius 2 is 1.94 bits per heavy atom. The zero-order chi connectivity index (χ0) is 12.6. The number of hydrogen-bond donors (Lipinski definition) is 1. The number of ether oxygens (including phenoxy) is 1. The third-order valence-corrected chi connectivity index (χ3v) is 3.20. The van der Waals surface area contributed by atoms with Crippen LogP contribution >= 0.6 is 0 Å². The molecule has 1 aromatic rings. The van der Waals surface area contributed by atoms with E-state index in [0.717, 1.165) is 19.2 Å². The van der Waals surface area contributed by atoms with E-state index in [1.807, 2.05) is 0 Å². The van der Waals surface area contributed by atoms with Crippen LogP contribution in [-0.4, -0.2) is 24.3 Å². The van der Waals surface area contributed by atoms with Gasteiger partial charge in [-0.05, 0) is 25.0 Å². The Balaban J connectivity index is 2.43. The number of aliphatic hydroxyl groups excluding tert-OH is 1. The lowest BCUT2D eigenvalue weighted by atomic mass is 9.89. The highest BCUT2D eigenvalue weighted by Gasteiger charge is 2.56. The van der Waals surface area contributed by atoms with Gasteiger partial charge in [0.2, 0.25) is 0 Å². The molecule has 0 aromatic heterocycles. The van der Waals surface area contributed by atoms with Crippen LogP contribution in [0.25, 0.3) is 0 Å². The maximum Gasteiger partial charge on any atom is 0.335 e. The van der Waals surface area contributed by atoms with E-state index in [1.165, 1.54) is 6.07 Å². The molecule has 1 aliphatic rings. The van der Waals surface area contributed by atoms with Crippen LogP contribution in [0.5, 0.6) is 0 Å². The molecule has 0 amide bonds. The van der Waals surface area contributed by atoms with E-state index in [9.17, 15) is 18.7 Å². The van der Waals surface area contributed by atoms with Gasteiger partial charge < -0.3 is 9.84 Å². The molecule has 0 saturated heterocycles. The van der Waals surface area contributed by atoms with Gasteiger partial charge in [-0.15, -0.1) is 0 Å². The minimum atomic E-state index is -1.53. The zero-order valence-electron chi connectivity index (χ0n) is 9.24. The van der Waals surface area contributed by atoms with Crippen LogP contribution in [0.15, 0.2) is 18.2 Å². The Hall–Kier alpha value is -1.49. The monoisotopic (exact) mass is 242 g/mol. The number of benzene rings is 1. The van der Waals surface area contributed by atoms with Gasteiger partial charge in [0.15, 0.2) is 6.10 Å². The molecule has 5 heteroatoms. The smallest absolute Gasteiger partial charge is 0.335 e. The molecule has 1 aliphatic carbocycles. The largest absolute Gasteiger partial charge is 0.467 e. The molecule has 3 nitrogen and oxygen atoms in total. The molecule has 1 unspecified atom stereocenters. The Kier molecular flexibility index (Phi) is 2.87. The summed E-state index contributed by atoms with van der Waals surface area (Å²) in [6.45, 7) is 0. The summed E-state index contributed by atoms with van der Waals surface area (Å²) in [7, 11) is 1.12. The molecule has 0 radical (unpaired) electrons. The van der Waals surface area contributed by atoms with Crippen LogP contribution in [-0.2, 0) is 14.9 Å². The number of methoxy groups -OCH3 is 1. The molecule has 0 heterocycles. The fourth-order valence-electron chi connectivity index (χ4n) is 2.11. The average Bonchev–Trinajstić information content (AvgIpc) is 3.08. The summed E-state index contributed by atoms with van der Waals surface area (Å²) in [5.41, 5.74) is -1.39. The van der Waals surface area contributed by atoms with E-state index in [4.69, 9.17) is 0 Å². The number of aliphatic hydroxyl groups is 1. The Morgan fingerprint density at radius 3 is 2.35 bits per heavy atom. The summed E-state index contributed by atoms with van der Waals surface area (Å²) in [6, 6.07) is 3.47. The lowest BCUT2D eigenvalue weighted by Crippen LogP contribution is -2.36. The molecule has 0 spiro atoms. The van der Waals surface area contributed by atoms with E-state index < -0.39 is 29.1 Å². The van der Waals surface area contributed by atoms with Crippen molar-refractivity contribution in [1.82, 2.24) is 0 Å². The van der Waals surface area contributed by atoms with Gasteiger partial charge in [-0.1, -0.05) is 6.07 Å². The summed E-state index contributed by atoms with van der Waals surface area (Å²) >= 11 is 0. The van der Waals surface area contributed by atoms with Crippen molar-refractivity contribution in [3.05, 3.63) is 35.4 Å². The van der Waals surface area contributed by atoms with E-state index in [-0.39, 0.29) is 5.56 Å². The fourth-order valence-corrected chi connectivity index (χ4v) is 2.11. The number of halogens is 2. The molecule has 1 atom stereocenters. The predicted octanol–water partition coefficient (Wildman–Crippen LogP) is 1.53. The first-order valence-corrected chi connectivity index (χ1v) is 5.23. The van der Waals surface area contributed by atoms with Crippen molar-refractivity contribution in [3.63, 3.8) is 0 Å². The highest BCUT2D eigenvalue weighted by Crippen LogP contribution is 2.52. The van der Waals surface area contributed by atoms with E-state index in [0.29, 0.717) is 12.8 Å². The first kappa shape index (κ1) is 12.0.